The summed E-state index contributed by atoms with van der Waals surface area (Å²) in [6, 6.07) is 9.42. The number of benzene rings is 1. The summed E-state index contributed by atoms with van der Waals surface area (Å²) in [5, 5.41) is 2.66. The van der Waals surface area contributed by atoms with E-state index in [4.69, 9.17) is 0 Å². The molecule has 4 nitrogen and oxygen atoms in total. The van der Waals surface area contributed by atoms with Crippen molar-refractivity contribution in [2.24, 2.45) is 0 Å². The number of hydrogen-bond donors (Lipinski definition) is 1. The third kappa shape index (κ3) is 2.53. The minimum absolute atomic E-state index is 0.00877. The number of piperazine rings is 1. The van der Waals surface area contributed by atoms with Gasteiger partial charge in [-0.2, -0.15) is 0 Å². The highest BCUT2D eigenvalue weighted by Gasteiger charge is 2.35. The number of hydrogen-bond acceptors (Lipinski definition) is 2. The Morgan fingerprint density at radius 2 is 1.94 bits per heavy atom. The molecule has 4 heteroatoms. The molecule has 0 aromatic heterocycles. The number of carbonyl (C=O) groups is 2. The lowest BCUT2D eigenvalue weighted by molar-refractivity contribution is -0.147. The maximum absolute atomic E-state index is 12.0. The molecule has 1 atom stereocenters. The van der Waals surface area contributed by atoms with Gasteiger partial charge in [-0.05, 0) is 19.4 Å². The van der Waals surface area contributed by atoms with Gasteiger partial charge in [0.15, 0.2) is 0 Å². The van der Waals surface area contributed by atoms with E-state index in [0.717, 1.165) is 5.56 Å². The van der Waals surface area contributed by atoms with E-state index in [-0.39, 0.29) is 24.4 Å². The maximum Gasteiger partial charge on any atom is 0.243 e. The van der Waals surface area contributed by atoms with E-state index in [1.165, 1.54) is 0 Å². The molecule has 1 unspecified atom stereocenters. The molecule has 1 N–H and O–H groups in total. The van der Waals surface area contributed by atoms with Gasteiger partial charge in [-0.3, -0.25) is 9.59 Å². The highest BCUT2D eigenvalue weighted by Crippen LogP contribution is 2.15. The fraction of sp³-hybridized carbons (Fsp3) is 0.429. The first-order chi connectivity index (χ1) is 8.59. The summed E-state index contributed by atoms with van der Waals surface area (Å²) in [6.45, 7) is 3.99. The fourth-order valence-electron chi connectivity index (χ4n) is 2.35. The number of carbonyl (C=O) groups excluding carboxylic acids is 2. The van der Waals surface area contributed by atoms with Gasteiger partial charge in [0.25, 0.3) is 0 Å². The van der Waals surface area contributed by atoms with E-state index in [2.05, 4.69) is 5.32 Å². The molecule has 0 bridgehead atoms. The van der Waals surface area contributed by atoms with Gasteiger partial charge in [0.05, 0.1) is 6.54 Å². The van der Waals surface area contributed by atoms with Crippen LogP contribution < -0.4 is 5.32 Å². The molecule has 0 aliphatic carbocycles. The molecule has 1 fully saturated rings. The van der Waals surface area contributed by atoms with Gasteiger partial charge >= 0.3 is 0 Å². The summed E-state index contributed by atoms with van der Waals surface area (Å²) in [5.74, 6) is -0.0716. The summed E-state index contributed by atoms with van der Waals surface area (Å²) in [6.07, 6.45) is 0.566. The lowest BCUT2D eigenvalue weighted by Crippen LogP contribution is -2.61. The SMILES string of the molecule is CC(C)N1C(=O)CNC(=O)C1Cc1ccccc1. The van der Waals surface area contributed by atoms with E-state index in [1.807, 2.05) is 44.2 Å². The molecule has 1 aliphatic heterocycles. The first kappa shape index (κ1) is 12.6. The first-order valence-corrected chi connectivity index (χ1v) is 6.22. The highest BCUT2D eigenvalue weighted by molar-refractivity contribution is 5.95. The van der Waals surface area contributed by atoms with Gasteiger partial charge in [-0.25, -0.2) is 0 Å². The van der Waals surface area contributed by atoms with E-state index < -0.39 is 6.04 Å². The standard InChI is InChI=1S/C14H18N2O2/c1-10(2)16-12(14(18)15-9-13(16)17)8-11-6-4-3-5-7-11/h3-7,10,12H,8-9H2,1-2H3,(H,15,18). The molecule has 2 amide bonds. The molecule has 1 heterocycles. The van der Waals surface area contributed by atoms with Gasteiger partial charge in [0.2, 0.25) is 11.8 Å². The fourth-order valence-corrected chi connectivity index (χ4v) is 2.35. The Kier molecular flexibility index (Phi) is 3.65. The van der Waals surface area contributed by atoms with Crippen LogP contribution in [0.5, 0.6) is 0 Å². The van der Waals surface area contributed by atoms with Crippen LogP contribution in [-0.4, -0.2) is 35.3 Å². The summed E-state index contributed by atoms with van der Waals surface area (Å²) >= 11 is 0. The maximum atomic E-state index is 12.0. The third-order valence-electron chi connectivity index (χ3n) is 3.17. The quantitative estimate of drug-likeness (QED) is 0.863. The largest absolute Gasteiger partial charge is 0.345 e. The molecule has 18 heavy (non-hydrogen) atoms. The van der Waals surface area contributed by atoms with E-state index >= 15 is 0 Å². The molecule has 1 aliphatic rings. The molecular weight excluding hydrogens is 228 g/mol. The number of nitrogens with zero attached hydrogens (tertiary/aromatic N) is 1. The van der Waals surface area contributed by atoms with Crippen molar-refractivity contribution in [1.29, 1.82) is 0 Å². The van der Waals surface area contributed by atoms with E-state index in [9.17, 15) is 9.59 Å². The Labute approximate surface area is 107 Å². The molecule has 1 saturated heterocycles. The molecule has 96 valence electrons. The van der Waals surface area contributed by atoms with Crippen LogP contribution in [0.25, 0.3) is 0 Å². The van der Waals surface area contributed by atoms with Gasteiger partial charge in [0.1, 0.15) is 6.04 Å². The van der Waals surface area contributed by atoms with Crippen molar-refractivity contribution >= 4 is 11.8 Å². The van der Waals surface area contributed by atoms with Crippen LogP contribution in [0, 0.1) is 0 Å². The predicted molar refractivity (Wildman–Crippen MR) is 68.9 cm³/mol. The zero-order valence-electron chi connectivity index (χ0n) is 10.7. The second-order valence-corrected chi connectivity index (χ2v) is 4.82. The number of amides is 2. The van der Waals surface area contributed by atoms with E-state index in [0.29, 0.717) is 6.42 Å². The van der Waals surface area contributed by atoms with Crippen LogP contribution in [0.1, 0.15) is 19.4 Å². The molecular formula is C14H18N2O2. The lowest BCUT2D eigenvalue weighted by Gasteiger charge is -2.37. The van der Waals surface area contributed by atoms with Crippen molar-refractivity contribution in [2.75, 3.05) is 6.54 Å². The first-order valence-electron chi connectivity index (χ1n) is 6.22. The topological polar surface area (TPSA) is 49.4 Å². The Morgan fingerprint density at radius 3 is 2.56 bits per heavy atom. The monoisotopic (exact) mass is 246 g/mol. The molecule has 1 aromatic carbocycles. The molecule has 0 radical (unpaired) electrons. The van der Waals surface area contributed by atoms with Crippen molar-refractivity contribution in [1.82, 2.24) is 10.2 Å². The van der Waals surface area contributed by atoms with Crippen LogP contribution in [-0.2, 0) is 16.0 Å². The molecule has 1 aromatic rings. The average molecular weight is 246 g/mol. The smallest absolute Gasteiger partial charge is 0.243 e. The van der Waals surface area contributed by atoms with Crippen LogP contribution in [0.4, 0.5) is 0 Å². The van der Waals surface area contributed by atoms with Gasteiger partial charge in [0, 0.05) is 12.5 Å². The second kappa shape index (κ2) is 5.21. The summed E-state index contributed by atoms with van der Waals surface area (Å²) in [7, 11) is 0. The number of rotatable bonds is 3. The Balaban J connectivity index is 2.21. The second-order valence-electron chi connectivity index (χ2n) is 4.82. The summed E-state index contributed by atoms with van der Waals surface area (Å²) < 4.78 is 0. The Morgan fingerprint density at radius 1 is 1.28 bits per heavy atom. The lowest BCUT2D eigenvalue weighted by atomic mass is 10.0. The minimum atomic E-state index is -0.395. The van der Waals surface area contributed by atoms with Crippen molar-refractivity contribution in [2.45, 2.75) is 32.4 Å². The third-order valence-corrected chi connectivity index (χ3v) is 3.17. The predicted octanol–water partition coefficient (Wildman–Crippen LogP) is 0.964. The van der Waals surface area contributed by atoms with Gasteiger partial charge < -0.3 is 10.2 Å². The van der Waals surface area contributed by atoms with Crippen molar-refractivity contribution < 1.29 is 9.59 Å². The Hall–Kier alpha value is -1.84. The Bertz CT molecular complexity index is 442. The van der Waals surface area contributed by atoms with Gasteiger partial charge in [-0.1, -0.05) is 30.3 Å². The van der Waals surface area contributed by atoms with E-state index in [1.54, 1.807) is 4.90 Å². The molecule has 2 rings (SSSR count). The normalized spacial score (nSPS) is 20.2. The van der Waals surface area contributed by atoms with Crippen LogP contribution in [0.15, 0.2) is 30.3 Å². The minimum Gasteiger partial charge on any atom is -0.345 e. The zero-order chi connectivity index (χ0) is 13.1. The van der Waals surface area contributed by atoms with Crippen molar-refractivity contribution in [3.05, 3.63) is 35.9 Å². The van der Waals surface area contributed by atoms with Crippen molar-refractivity contribution in [3.63, 3.8) is 0 Å². The highest BCUT2D eigenvalue weighted by atomic mass is 16.2. The summed E-state index contributed by atoms with van der Waals surface area (Å²) in [5.41, 5.74) is 1.07. The zero-order valence-corrected chi connectivity index (χ0v) is 10.7. The van der Waals surface area contributed by atoms with Crippen LogP contribution in [0.2, 0.25) is 0 Å². The van der Waals surface area contributed by atoms with Crippen molar-refractivity contribution in [3.8, 4) is 0 Å². The van der Waals surface area contributed by atoms with Crippen LogP contribution >= 0.6 is 0 Å². The molecule has 0 spiro atoms. The summed E-state index contributed by atoms with van der Waals surface area (Å²) in [4.78, 5) is 25.5. The molecule has 0 saturated carbocycles. The van der Waals surface area contributed by atoms with Crippen LogP contribution in [0.3, 0.4) is 0 Å². The average Bonchev–Trinajstić information content (AvgIpc) is 2.35. The number of nitrogens with one attached hydrogen (secondary N) is 1. The van der Waals surface area contributed by atoms with Gasteiger partial charge in [-0.15, -0.1) is 0 Å².